The van der Waals surface area contributed by atoms with Crippen LogP contribution in [0.2, 0.25) is 0 Å². The number of ether oxygens (including phenoxy) is 1. The molecule has 7 heteroatoms. The van der Waals surface area contributed by atoms with Gasteiger partial charge in [-0.25, -0.2) is 9.18 Å². The van der Waals surface area contributed by atoms with Crippen LogP contribution in [0, 0.1) is 26.6 Å². The molecule has 2 aromatic carbocycles. The Balaban J connectivity index is 1.93. The van der Waals surface area contributed by atoms with Gasteiger partial charge in [-0.15, -0.1) is 0 Å². The van der Waals surface area contributed by atoms with Gasteiger partial charge in [0.1, 0.15) is 18.2 Å². The van der Waals surface area contributed by atoms with Gasteiger partial charge in [0.25, 0.3) is 0 Å². The fourth-order valence-electron chi connectivity index (χ4n) is 2.59. The minimum absolute atomic E-state index is 0.183. The van der Waals surface area contributed by atoms with Crippen LogP contribution >= 0.6 is 0 Å². The fourth-order valence-corrected chi connectivity index (χ4v) is 2.59. The molecule has 0 radical (unpaired) electrons. The largest absolute Gasteiger partial charge is 0.488 e. The summed E-state index contributed by atoms with van der Waals surface area (Å²) in [5.41, 5.74) is 2.91. The van der Waals surface area contributed by atoms with E-state index in [2.05, 4.69) is 10.4 Å². The lowest BCUT2D eigenvalue weighted by atomic mass is 10.0. The van der Waals surface area contributed by atoms with E-state index < -0.39 is 0 Å². The van der Waals surface area contributed by atoms with Crippen molar-refractivity contribution in [3.05, 3.63) is 68.9 Å². The Morgan fingerprint density at radius 3 is 2.52 bits per heavy atom. The molecule has 6 nitrogen and oxygen atoms in total. The molecule has 0 aliphatic carbocycles. The maximum atomic E-state index is 14.2. The first-order valence-electron chi connectivity index (χ1n) is 7.86. The molecule has 0 N–H and O–H groups in total. The summed E-state index contributed by atoms with van der Waals surface area (Å²) >= 11 is 0. The molecular weight excluding hydrogens is 323 g/mol. The molecule has 0 bridgehead atoms. The summed E-state index contributed by atoms with van der Waals surface area (Å²) in [5, 5.41) is 7.59. The molecule has 0 spiro atoms. The highest BCUT2D eigenvalue weighted by molar-refractivity contribution is 5.43. The molecule has 0 fully saturated rings. The Morgan fingerprint density at radius 2 is 1.84 bits per heavy atom. The maximum Gasteiger partial charge on any atom is 0.368 e. The summed E-state index contributed by atoms with van der Waals surface area (Å²) in [6, 6.07) is 9.08. The van der Waals surface area contributed by atoms with Gasteiger partial charge in [0.05, 0.1) is 5.69 Å². The normalized spacial score (nSPS) is 10.9. The average Bonchev–Trinajstić information content (AvgIpc) is 2.94. The van der Waals surface area contributed by atoms with E-state index in [4.69, 9.17) is 4.74 Å². The van der Waals surface area contributed by atoms with Crippen molar-refractivity contribution in [3.8, 4) is 11.4 Å². The summed E-state index contributed by atoms with van der Waals surface area (Å²) in [6.45, 7) is 5.47. The quantitative estimate of drug-likeness (QED) is 0.731. The van der Waals surface area contributed by atoms with Gasteiger partial charge in [-0.3, -0.25) is 0 Å². The molecule has 25 heavy (non-hydrogen) atoms. The van der Waals surface area contributed by atoms with E-state index in [0.29, 0.717) is 22.6 Å². The lowest BCUT2D eigenvalue weighted by molar-refractivity contribution is 0.301. The summed E-state index contributed by atoms with van der Waals surface area (Å²) in [4.78, 5) is 12.1. The average molecular weight is 342 g/mol. The van der Waals surface area contributed by atoms with Crippen molar-refractivity contribution >= 4 is 0 Å². The Morgan fingerprint density at radius 1 is 1.12 bits per heavy atom. The van der Waals surface area contributed by atoms with Crippen LogP contribution in [0.25, 0.3) is 5.69 Å². The van der Waals surface area contributed by atoms with E-state index in [1.54, 1.807) is 26.0 Å². The van der Waals surface area contributed by atoms with Gasteiger partial charge in [0.15, 0.2) is 0 Å². The number of para-hydroxylation sites is 1. The molecule has 0 aliphatic rings. The van der Waals surface area contributed by atoms with Crippen LogP contribution in [0.5, 0.6) is 5.75 Å². The topological polar surface area (TPSA) is 61.9 Å². The zero-order valence-corrected chi connectivity index (χ0v) is 14.6. The highest BCUT2D eigenvalue weighted by Crippen LogP contribution is 2.27. The molecule has 0 aliphatic heterocycles. The zero-order valence-electron chi connectivity index (χ0n) is 14.6. The lowest BCUT2D eigenvalue weighted by Gasteiger charge is -2.14. The second-order valence-corrected chi connectivity index (χ2v) is 5.97. The Bertz CT molecular complexity index is 991. The third-order valence-electron chi connectivity index (χ3n) is 4.29. The van der Waals surface area contributed by atoms with Crippen LogP contribution in [0.1, 0.15) is 22.3 Å². The van der Waals surface area contributed by atoms with Gasteiger partial charge in [-0.2, -0.15) is 9.36 Å². The van der Waals surface area contributed by atoms with Crippen molar-refractivity contribution in [2.75, 3.05) is 0 Å². The standard InChI is InChI=1S/C18H19FN4O2/c1-11-9-16(13(3)17(19)12(11)2)25-10-14-7-5-6-8-15(14)23-18(24)22(4)20-21-23/h5-9H,10H2,1-4H3. The summed E-state index contributed by atoms with van der Waals surface area (Å²) in [6.07, 6.45) is 0. The summed E-state index contributed by atoms with van der Waals surface area (Å²) < 4.78 is 22.4. The highest BCUT2D eigenvalue weighted by Gasteiger charge is 2.14. The number of halogens is 1. The van der Waals surface area contributed by atoms with Crippen LogP contribution in [0.15, 0.2) is 35.1 Å². The second-order valence-electron chi connectivity index (χ2n) is 5.97. The first-order valence-corrected chi connectivity index (χ1v) is 7.86. The Labute approximate surface area is 144 Å². The van der Waals surface area contributed by atoms with Gasteiger partial charge >= 0.3 is 5.69 Å². The number of hydrogen-bond acceptors (Lipinski definition) is 4. The fraction of sp³-hybridized carbons (Fsp3) is 0.278. The molecule has 130 valence electrons. The first kappa shape index (κ1) is 16.9. The molecule has 0 atom stereocenters. The van der Waals surface area contributed by atoms with Gasteiger partial charge in [-0.1, -0.05) is 18.2 Å². The first-order chi connectivity index (χ1) is 11.9. The molecule has 3 aromatic rings. The number of hydrogen-bond donors (Lipinski definition) is 0. The van der Waals surface area contributed by atoms with Gasteiger partial charge in [0, 0.05) is 18.2 Å². The van der Waals surface area contributed by atoms with Crippen molar-refractivity contribution in [2.24, 2.45) is 7.05 Å². The third kappa shape index (κ3) is 3.05. The van der Waals surface area contributed by atoms with E-state index in [9.17, 15) is 9.18 Å². The van der Waals surface area contributed by atoms with E-state index in [1.165, 1.54) is 11.7 Å². The number of rotatable bonds is 4. The van der Waals surface area contributed by atoms with Crippen LogP contribution in [-0.2, 0) is 13.7 Å². The molecule has 3 rings (SSSR count). The highest BCUT2D eigenvalue weighted by atomic mass is 19.1. The molecular formula is C18H19FN4O2. The van der Waals surface area contributed by atoms with Crippen molar-refractivity contribution in [1.29, 1.82) is 0 Å². The molecule has 0 amide bonds. The smallest absolute Gasteiger partial charge is 0.368 e. The zero-order chi connectivity index (χ0) is 18.1. The number of nitrogens with zero attached hydrogens (tertiary/aromatic N) is 4. The molecule has 1 heterocycles. The minimum atomic E-state index is -0.346. The van der Waals surface area contributed by atoms with E-state index in [1.807, 2.05) is 25.1 Å². The Kier molecular flexibility index (Phi) is 4.39. The third-order valence-corrected chi connectivity index (χ3v) is 4.29. The second kappa shape index (κ2) is 6.51. The summed E-state index contributed by atoms with van der Waals surface area (Å²) in [5.74, 6) is 0.232. The van der Waals surface area contributed by atoms with Crippen LogP contribution in [0.3, 0.4) is 0 Å². The van der Waals surface area contributed by atoms with E-state index in [-0.39, 0.29) is 18.1 Å². The number of benzene rings is 2. The molecule has 0 unspecified atom stereocenters. The predicted molar refractivity (Wildman–Crippen MR) is 91.5 cm³/mol. The molecule has 1 aromatic heterocycles. The Hall–Kier alpha value is -2.96. The minimum Gasteiger partial charge on any atom is -0.488 e. The van der Waals surface area contributed by atoms with Crippen LogP contribution < -0.4 is 10.4 Å². The van der Waals surface area contributed by atoms with Crippen molar-refractivity contribution < 1.29 is 9.13 Å². The number of aryl methyl sites for hydroxylation is 2. The summed E-state index contributed by atoms with van der Waals surface area (Å²) in [7, 11) is 1.53. The van der Waals surface area contributed by atoms with Crippen LogP contribution in [-0.4, -0.2) is 19.8 Å². The van der Waals surface area contributed by atoms with Crippen molar-refractivity contribution in [2.45, 2.75) is 27.4 Å². The van der Waals surface area contributed by atoms with Gasteiger partial charge < -0.3 is 4.74 Å². The lowest BCUT2D eigenvalue weighted by Crippen LogP contribution is -2.23. The van der Waals surface area contributed by atoms with Crippen molar-refractivity contribution in [1.82, 2.24) is 19.8 Å². The SMILES string of the molecule is Cc1cc(OCc2ccccc2-n2nnn(C)c2=O)c(C)c(F)c1C. The monoisotopic (exact) mass is 342 g/mol. The van der Waals surface area contributed by atoms with E-state index >= 15 is 0 Å². The molecule has 0 saturated heterocycles. The van der Waals surface area contributed by atoms with E-state index in [0.717, 1.165) is 15.8 Å². The maximum absolute atomic E-state index is 14.2. The predicted octanol–water partition coefficient (Wildman–Crippen LogP) is 2.61. The molecule has 0 saturated carbocycles. The van der Waals surface area contributed by atoms with Crippen molar-refractivity contribution in [3.63, 3.8) is 0 Å². The van der Waals surface area contributed by atoms with Gasteiger partial charge in [-0.05, 0) is 54.5 Å². The van der Waals surface area contributed by atoms with Gasteiger partial charge in [0.2, 0.25) is 0 Å². The number of tetrazole rings is 1. The number of aromatic nitrogens is 4. The van der Waals surface area contributed by atoms with Crippen LogP contribution in [0.4, 0.5) is 4.39 Å².